The smallest absolute Gasteiger partial charge is 0.234 e. The molecule has 31 heavy (non-hydrogen) atoms. The van der Waals surface area contributed by atoms with E-state index in [1.165, 1.54) is 0 Å². The maximum Gasteiger partial charge on any atom is 0.234 e. The number of anilines is 1. The van der Waals surface area contributed by atoms with Crippen molar-refractivity contribution in [2.75, 3.05) is 31.6 Å². The predicted octanol–water partition coefficient (Wildman–Crippen LogP) is 2.89. The van der Waals surface area contributed by atoms with Crippen LogP contribution in [0.15, 0.2) is 52.9 Å². The summed E-state index contributed by atoms with van der Waals surface area (Å²) in [5.41, 5.74) is 6.44. The lowest BCUT2D eigenvalue weighted by atomic mass is 9.85. The second-order valence-corrected chi connectivity index (χ2v) is 9.35. The fraction of sp³-hybridized carbons (Fsp3) is 0.435. The van der Waals surface area contributed by atoms with Crippen LogP contribution in [0.3, 0.4) is 0 Å². The van der Waals surface area contributed by atoms with Gasteiger partial charge in [0.25, 0.3) is 0 Å². The molecule has 0 aliphatic carbocycles. The summed E-state index contributed by atoms with van der Waals surface area (Å²) in [5, 5.41) is 4.80. The number of nitrogens with one attached hydrogen (secondary N) is 2. The van der Waals surface area contributed by atoms with E-state index in [1.807, 2.05) is 50.2 Å². The van der Waals surface area contributed by atoms with E-state index in [4.69, 9.17) is 4.74 Å². The number of hydrazine groups is 1. The minimum atomic E-state index is -0.517. The minimum absolute atomic E-state index is 0.0113. The van der Waals surface area contributed by atoms with Crippen molar-refractivity contribution in [3.63, 3.8) is 0 Å². The zero-order valence-electron chi connectivity index (χ0n) is 18.2. The molecule has 1 spiro atoms. The molecule has 0 unspecified atom stereocenters. The van der Waals surface area contributed by atoms with Crippen LogP contribution in [-0.2, 0) is 14.9 Å². The van der Waals surface area contributed by atoms with E-state index in [0.29, 0.717) is 5.84 Å². The van der Waals surface area contributed by atoms with Crippen molar-refractivity contribution in [3.8, 4) is 0 Å². The monoisotopic (exact) mass is 420 g/mol. The molecule has 4 heterocycles. The van der Waals surface area contributed by atoms with Gasteiger partial charge in [-0.3, -0.25) is 15.2 Å². The first-order valence-electron chi connectivity index (χ1n) is 10.6. The van der Waals surface area contributed by atoms with Crippen molar-refractivity contribution in [2.24, 2.45) is 15.4 Å². The van der Waals surface area contributed by atoms with Crippen molar-refractivity contribution in [1.82, 2.24) is 15.3 Å². The predicted molar refractivity (Wildman–Crippen MR) is 121 cm³/mol. The van der Waals surface area contributed by atoms with Gasteiger partial charge in [-0.15, -0.1) is 0 Å². The van der Waals surface area contributed by atoms with Crippen LogP contribution in [0.2, 0.25) is 0 Å². The molecule has 0 radical (unpaired) electrons. The number of ether oxygens (including phenoxy) is 1. The van der Waals surface area contributed by atoms with E-state index in [1.54, 1.807) is 6.20 Å². The number of amidine groups is 2. The highest BCUT2D eigenvalue weighted by Crippen LogP contribution is 2.40. The Morgan fingerprint density at radius 2 is 2.16 bits per heavy atom. The number of carbonyl (C=O) groups excluding carboxylic acids is 1. The van der Waals surface area contributed by atoms with Gasteiger partial charge in [-0.05, 0) is 44.9 Å². The third-order valence-corrected chi connectivity index (χ3v) is 6.59. The normalized spacial score (nSPS) is 23.6. The summed E-state index contributed by atoms with van der Waals surface area (Å²) in [7, 11) is 0. The first kappa shape index (κ1) is 19.8. The van der Waals surface area contributed by atoms with E-state index >= 15 is 0 Å². The van der Waals surface area contributed by atoms with E-state index in [9.17, 15) is 4.79 Å². The summed E-state index contributed by atoms with van der Waals surface area (Å²) in [4.78, 5) is 23.7. The molecule has 8 heteroatoms. The Bertz CT molecular complexity index is 1050. The summed E-state index contributed by atoms with van der Waals surface area (Å²) in [6, 6.07) is 5.81. The van der Waals surface area contributed by atoms with Crippen molar-refractivity contribution in [2.45, 2.75) is 32.6 Å². The highest BCUT2D eigenvalue weighted by atomic mass is 16.5. The lowest BCUT2D eigenvalue weighted by Gasteiger charge is -2.38. The Kier molecular flexibility index (Phi) is 4.44. The number of hydrogen-bond acceptors (Lipinski definition) is 6. The van der Waals surface area contributed by atoms with Crippen LogP contribution in [0.1, 0.15) is 32.8 Å². The van der Waals surface area contributed by atoms with Gasteiger partial charge in [0.15, 0.2) is 5.84 Å². The molecule has 1 aromatic carbocycles. The summed E-state index contributed by atoms with van der Waals surface area (Å²) in [5.74, 6) is 1.60. The van der Waals surface area contributed by atoms with Crippen LogP contribution >= 0.6 is 0 Å². The Hall–Kier alpha value is -3.13. The third kappa shape index (κ3) is 3.31. The zero-order valence-corrected chi connectivity index (χ0v) is 18.2. The molecule has 0 bridgehead atoms. The number of rotatable bonds is 2. The van der Waals surface area contributed by atoms with Crippen LogP contribution in [0, 0.1) is 5.41 Å². The minimum Gasteiger partial charge on any atom is -0.380 e. The molecule has 2 fully saturated rings. The molecule has 2 N–H and O–H groups in total. The first-order valence-corrected chi connectivity index (χ1v) is 10.6. The molecule has 1 amide bonds. The fourth-order valence-electron chi connectivity index (χ4n) is 4.60. The van der Waals surface area contributed by atoms with Crippen LogP contribution in [0.25, 0.3) is 0 Å². The zero-order chi connectivity index (χ0) is 21.8. The van der Waals surface area contributed by atoms with Gasteiger partial charge in [0, 0.05) is 36.6 Å². The van der Waals surface area contributed by atoms with E-state index in [0.717, 1.165) is 61.2 Å². The molecule has 0 saturated carbocycles. The van der Waals surface area contributed by atoms with Crippen molar-refractivity contribution in [1.29, 1.82) is 0 Å². The topological polar surface area (TPSA) is 81.6 Å². The van der Waals surface area contributed by atoms with Gasteiger partial charge in [0.05, 0.1) is 30.0 Å². The van der Waals surface area contributed by atoms with Crippen LogP contribution in [0.4, 0.5) is 11.4 Å². The number of benzene rings is 1. The van der Waals surface area contributed by atoms with Gasteiger partial charge in [-0.2, -0.15) is 0 Å². The molecule has 4 aliphatic heterocycles. The largest absolute Gasteiger partial charge is 0.380 e. The number of nitrogens with zero attached hydrogens (tertiary/aromatic N) is 4. The number of hydrogen-bond donors (Lipinski definition) is 2. The van der Waals surface area contributed by atoms with Gasteiger partial charge < -0.3 is 15.0 Å². The molecule has 2 saturated heterocycles. The maximum absolute atomic E-state index is 12.2. The first-order chi connectivity index (χ1) is 14.8. The maximum atomic E-state index is 12.2. The molecular weight excluding hydrogens is 392 g/mol. The van der Waals surface area contributed by atoms with Gasteiger partial charge in [0.2, 0.25) is 5.91 Å². The summed E-state index contributed by atoms with van der Waals surface area (Å²) >= 11 is 0. The van der Waals surface area contributed by atoms with E-state index in [-0.39, 0.29) is 11.3 Å². The molecule has 5 rings (SSSR count). The van der Waals surface area contributed by atoms with Crippen molar-refractivity contribution < 1.29 is 9.53 Å². The SMILES string of the molecule is C=C1C(N2CCC3(COC3)C2)=NC=CN1NC(C)=Nc1ccc2c(c1)NC(=O)C2(C)C. The average molecular weight is 421 g/mol. The molecule has 8 nitrogen and oxygen atoms in total. The van der Waals surface area contributed by atoms with Gasteiger partial charge in [-0.25, -0.2) is 9.98 Å². The van der Waals surface area contributed by atoms with Crippen LogP contribution in [-0.4, -0.2) is 53.8 Å². The van der Waals surface area contributed by atoms with E-state index in [2.05, 4.69) is 32.2 Å². The number of carbonyl (C=O) groups is 1. The molecule has 1 aromatic rings. The highest BCUT2D eigenvalue weighted by molar-refractivity contribution is 6.06. The fourth-order valence-corrected chi connectivity index (χ4v) is 4.60. The summed E-state index contributed by atoms with van der Waals surface area (Å²) in [6.07, 6.45) is 4.75. The highest BCUT2D eigenvalue weighted by Gasteiger charge is 2.45. The Balaban J connectivity index is 1.27. The second-order valence-electron chi connectivity index (χ2n) is 9.35. The average Bonchev–Trinajstić information content (AvgIpc) is 3.24. The molecular formula is C23H28N6O2. The lowest BCUT2D eigenvalue weighted by molar-refractivity contribution is -0.119. The van der Waals surface area contributed by atoms with Crippen molar-refractivity contribution in [3.05, 3.63) is 48.4 Å². The number of likely N-dealkylation sites (tertiary alicyclic amines) is 1. The summed E-state index contributed by atoms with van der Waals surface area (Å²) < 4.78 is 5.43. The molecule has 0 aromatic heterocycles. The summed E-state index contributed by atoms with van der Waals surface area (Å²) in [6.45, 7) is 13.6. The van der Waals surface area contributed by atoms with Gasteiger partial charge >= 0.3 is 0 Å². The van der Waals surface area contributed by atoms with Crippen LogP contribution in [0.5, 0.6) is 0 Å². The molecule has 0 atom stereocenters. The molecule has 162 valence electrons. The molecule has 4 aliphatic rings. The quantitative estimate of drug-likeness (QED) is 0.568. The number of fused-ring (bicyclic) bond motifs is 1. The standard InChI is InChI=1S/C23H28N6O2/c1-15-20(28-9-7-23(12-28)13-31-14-23)24-8-10-29(15)27-16(2)25-17-5-6-18-19(11-17)26-21(30)22(18,3)4/h5-6,8,10-11H,1,7,9,12-14H2,2-4H3,(H,25,27)(H,26,30). The van der Waals surface area contributed by atoms with Crippen molar-refractivity contribution >= 4 is 29.0 Å². The van der Waals surface area contributed by atoms with E-state index < -0.39 is 5.41 Å². The lowest BCUT2D eigenvalue weighted by Crippen LogP contribution is -2.47. The van der Waals surface area contributed by atoms with Gasteiger partial charge in [0.1, 0.15) is 5.84 Å². The Labute approximate surface area is 182 Å². The number of amides is 1. The third-order valence-electron chi connectivity index (χ3n) is 6.59. The Morgan fingerprint density at radius 3 is 2.87 bits per heavy atom. The second kappa shape index (κ2) is 6.95. The van der Waals surface area contributed by atoms with Crippen LogP contribution < -0.4 is 10.7 Å². The van der Waals surface area contributed by atoms with Gasteiger partial charge in [-0.1, -0.05) is 12.6 Å². The Morgan fingerprint density at radius 1 is 1.35 bits per heavy atom. The number of aliphatic imine (C=N–C) groups is 2.